The van der Waals surface area contributed by atoms with Gasteiger partial charge in [0.1, 0.15) is 5.75 Å². The summed E-state index contributed by atoms with van der Waals surface area (Å²) in [4.78, 5) is 0. The minimum atomic E-state index is -0.891. The van der Waals surface area contributed by atoms with Gasteiger partial charge in [0.05, 0.1) is 6.61 Å². The highest BCUT2D eigenvalue weighted by molar-refractivity contribution is 5.33. The number of benzene rings is 2. The molecule has 2 N–H and O–H groups in total. The first-order valence-electron chi connectivity index (χ1n) is 7.86. The van der Waals surface area contributed by atoms with E-state index in [1.165, 1.54) is 22.8 Å². The van der Waals surface area contributed by atoms with Gasteiger partial charge in [0, 0.05) is 6.07 Å². The van der Waals surface area contributed by atoms with Gasteiger partial charge in [-0.1, -0.05) is 23.8 Å². The number of ether oxygens (including phenoxy) is 1. The van der Waals surface area contributed by atoms with Crippen LogP contribution in [0.3, 0.4) is 0 Å². The van der Waals surface area contributed by atoms with E-state index in [1.807, 2.05) is 0 Å². The van der Waals surface area contributed by atoms with Crippen LogP contribution in [0.1, 0.15) is 35.4 Å². The Morgan fingerprint density at radius 2 is 1.83 bits per heavy atom. The maximum atomic E-state index is 13.1. The average Bonchev–Trinajstić information content (AvgIpc) is 2.53. The second kappa shape index (κ2) is 8.06. The number of hydrogen-bond donors (Lipinski definition) is 1. The second-order valence-corrected chi connectivity index (χ2v) is 5.86. The molecule has 0 heterocycles. The highest BCUT2D eigenvalue weighted by Gasteiger charge is 2.12. The van der Waals surface area contributed by atoms with Gasteiger partial charge in [-0.2, -0.15) is 0 Å². The van der Waals surface area contributed by atoms with Crippen molar-refractivity contribution in [3.05, 3.63) is 64.7 Å². The Kier molecular flexibility index (Phi) is 6.11. The van der Waals surface area contributed by atoms with Gasteiger partial charge in [-0.05, 0) is 62.4 Å². The maximum absolute atomic E-state index is 13.1. The monoisotopic (exact) mass is 319 g/mol. The van der Waals surface area contributed by atoms with E-state index in [1.54, 1.807) is 0 Å². The van der Waals surface area contributed by atoms with Gasteiger partial charge in [0.25, 0.3) is 0 Å². The summed E-state index contributed by atoms with van der Waals surface area (Å²) in [5.41, 5.74) is 9.67. The molecular weight excluding hydrogens is 296 g/mol. The lowest BCUT2D eigenvalue weighted by Crippen LogP contribution is -2.15. The molecule has 1 unspecified atom stereocenters. The van der Waals surface area contributed by atoms with Crippen molar-refractivity contribution < 1.29 is 13.5 Å². The smallest absolute Gasteiger partial charge is 0.162 e. The summed E-state index contributed by atoms with van der Waals surface area (Å²) >= 11 is 0. The standard InChI is InChI=1S/C19H23F2NO/c1-13-5-6-14(2)17(10-13)15(12-22)4-3-9-23-16-7-8-18(20)19(21)11-16/h5-8,10-11,15H,3-4,9,12,22H2,1-2H3. The van der Waals surface area contributed by atoms with Gasteiger partial charge in [0.15, 0.2) is 11.6 Å². The van der Waals surface area contributed by atoms with Crippen LogP contribution >= 0.6 is 0 Å². The number of nitrogens with two attached hydrogens (primary N) is 1. The van der Waals surface area contributed by atoms with Crippen molar-refractivity contribution in [2.24, 2.45) is 5.73 Å². The highest BCUT2D eigenvalue weighted by atomic mass is 19.2. The van der Waals surface area contributed by atoms with Gasteiger partial charge < -0.3 is 10.5 Å². The van der Waals surface area contributed by atoms with Crippen molar-refractivity contribution >= 4 is 0 Å². The lowest BCUT2D eigenvalue weighted by molar-refractivity contribution is 0.299. The maximum Gasteiger partial charge on any atom is 0.162 e. The topological polar surface area (TPSA) is 35.2 Å². The molecule has 23 heavy (non-hydrogen) atoms. The van der Waals surface area contributed by atoms with Crippen LogP contribution < -0.4 is 10.5 Å². The fraction of sp³-hybridized carbons (Fsp3) is 0.368. The van der Waals surface area contributed by atoms with Crippen molar-refractivity contribution in [1.82, 2.24) is 0 Å². The lowest BCUT2D eigenvalue weighted by atomic mass is 9.90. The molecule has 2 aromatic rings. The Morgan fingerprint density at radius 1 is 1.04 bits per heavy atom. The normalized spacial score (nSPS) is 12.2. The summed E-state index contributed by atoms with van der Waals surface area (Å²) in [6, 6.07) is 9.97. The Hall–Kier alpha value is -1.94. The lowest BCUT2D eigenvalue weighted by Gasteiger charge is -2.18. The van der Waals surface area contributed by atoms with E-state index in [0.29, 0.717) is 18.9 Å². The summed E-state index contributed by atoms with van der Waals surface area (Å²) in [5, 5.41) is 0. The number of hydrogen-bond acceptors (Lipinski definition) is 2. The van der Waals surface area contributed by atoms with E-state index in [2.05, 4.69) is 32.0 Å². The van der Waals surface area contributed by atoms with Crippen LogP contribution in [-0.2, 0) is 0 Å². The second-order valence-electron chi connectivity index (χ2n) is 5.86. The van der Waals surface area contributed by atoms with Gasteiger partial charge >= 0.3 is 0 Å². The number of halogens is 2. The molecule has 0 aliphatic heterocycles. The largest absolute Gasteiger partial charge is 0.493 e. The fourth-order valence-corrected chi connectivity index (χ4v) is 2.69. The molecule has 0 aromatic heterocycles. The molecule has 0 spiro atoms. The average molecular weight is 319 g/mol. The minimum absolute atomic E-state index is 0.281. The molecule has 4 heteroatoms. The van der Waals surface area contributed by atoms with E-state index in [9.17, 15) is 8.78 Å². The number of rotatable bonds is 7. The summed E-state index contributed by atoms with van der Waals surface area (Å²) < 4.78 is 31.4. The van der Waals surface area contributed by atoms with E-state index in [-0.39, 0.29) is 5.92 Å². The first-order chi connectivity index (χ1) is 11.0. The quantitative estimate of drug-likeness (QED) is 0.764. The zero-order valence-corrected chi connectivity index (χ0v) is 13.6. The third-order valence-electron chi connectivity index (χ3n) is 4.02. The van der Waals surface area contributed by atoms with Gasteiger partial charge in [-0.3, -0.25) is 0 Å². The van der Waals surface area contributed by atoms with Crippen molar-refractivity contribution in [3.63, 3.8) is 0 Å². The Labute approximate surface area is 136 Å². The summed E-state index contributed by atoms with van der Waals surface area (Å²) in [7, 11) is 0. The van der Waals surface area contributed by atoms with Crippen LogP contribution in [-0.4, -0.2) is 13.2 Å². The first kappa shape index (κ1) is 17.4. The fourth-order valence-electron chi connectivity index (χ4n) is 2.69. The molecule has 1 atom stereocenters. The minimum Gasteiger partial charge on any atom is -0.493 e. The van der Waals surface area contributed by atoms with Crippen molar-refractivity contribution in [2.75, 3.05) is 13.2 Å². The van der Waals surface area contributed by atoms with E-state index in [4.69, 9.17) is 10.5 Å². The van der Waals surface area contributed by atoms with Crippen LogP contribution in [0.15, 0.2) is 36.4 Å². The molecule has 2 nitrogen and oxygen atoms in total. The molecule has 2 rings (SSSR count). The Bertz CT molecular complexity index is 658. The molecule has 0 aliphatic carbocycles. The van der Waals surface area contributed by atoms with Crippen LogP contribution in [0.5, 0.6) is 5.75 Å². The van der Waals surface area contributed by atoms with Crippen molar-refractivity contribution in [1.29, 1.82) is 0 Å². The van der Waals surface area contributed by atoms with E-state index < -0.39 is 11.6 Å². The summed E-state index contributed by atoms with van der Waals surface area (Å²) in [5.74, 6) is -1.13. The van der Waals surface area contributed by atoms with Crippen molar-refractivity contribution in [2.45, 2.75) is 32.6 Å². The van der Waals surface area contributed by atoms with Crippen molar-refractivity contribution in [3.8, 4) is 5.75 Å². The molecule has 0 fully saturated rings. The predicted octanol–water partition coefficient (Wildman–Crippen LogP) is 4.48. The van der Waals surface area contributed by atoms with Gasteiger partial charge in [0.2, 0.25) is 0 Å². The van der Waals surface area contributed by atoms with Crippen LogP contribution in [0.2, 0.25) is 0 Å². The van der Waals surface area contributed by atoms with E-state index in [0.717, 1.165) is 25.0 Å². The van der Waals surface area contributed by atoms with Gasteiger partial charge in [-0.15, -0.1) is 0 Å². The molecule has 2 aromatic carbocycles. The zero-order chi connectivity index (χ0) is 16.8. The molecule has 0 bridgehead atoms. The van der Waals surface area contributed by atoms with Crippen LogP contribution in [0.25, 0.3) is 0 Å². The first-order valence-corrected chi connectivity index (χ1v) is 7.86. The molecule has 124 valence electrons. The zero-order valence-electron chi connectivity index (χ0n) is 13.6. The molecule has 0 radical (unpaired) electrons. The third-order valence-corrected chi connectivity index (χ3v) is 4.02. The predicted molar refractivity (Wildman–Crippen MR) is 88.8 cm³/mol. The molecular formula is C19H23F2NO. The molecule has 0 aliphatic rings. The van der Waals surface area contributed by atoms with Crippen LogP contribution in [0, 0.1) is 25.5 Å². The summed E-state index contributed by atoms with van der Waals surface area (Å²) in [6.45, 7) is 5.19. The molecule has 0 saturated carbocycles. The highest BCUT2D eigenvalue weighted by Crippen LogP contribution is 2.25. The SMILES string of the molecule is Cc1ccc(C)c(C(CN)CCCOc2ccc(F)c(F)c2)c1. The Morgan fingerprint density at radius 3 is 2.52 bits per heavy atom. The van der Waals surface area contributed by atoms with Crippen LogP contribution in [0.4, 0.5) is 8.78 Å². The third kappa shape index (κ3) is 4.76. The Balaban J connectivity index is 1.88. The summed E-state index contributed by atoms with van der Waals surface area (Å²) in [6.07, 6.45) is 1.69. The molecule has 0 amide bonds. The van der Waals surface area contributed by atoms with Gasteiger partial charge in [-0.25, -0.2) is 8.78 Å². The van der Waals surface area contributed by atoms with E-state index >= 15 is 0 Å². The molecule has 0 saturated heterocycles. The number of aryl methyl sites for hydroxylation is 2.